The standard InChI is InChI=1S/C30H23F2N3O2/c1-14-8-22-24(12-21(14)19-7-5-18(31)11-26(19)32)28-20-6-4-17(10-23(20)29(22)37-28)30(36)34-13-25-15(2)9-27(33)35-16(25)3/h4-12H,13H2,1-3H3,(H2,33,35)(H,34,36). The third-order valence-electron chi connectivity index (χ3n) is 7.05. The van der Waals surface area contributed by atoms with E-state index in [4.69, 9.17) is 10.2 Å². The van der Waals surface area contributed by atoms with Crippen LogP contribution >= 0.6 is 0 Å². The number of aryl methyl sites for hydroxylation is 3. The number of halogens is 2. The van der Waals surface area contributed by atoms with Crippen LogP contribution in [-0.4, -0.2) is 10.9 Å². The Hall–Kier alpha value is -4.52. The molecule has 0 aliphatic rings. The number of rotatable bonds is 4. The summed E-state index contributed by atoms with van der Waals surface area (Å²) >= 11 is 0. The van der Waals surface area contributed by atoms with Gasteiger partial charge in [-0.15, -0.1) is 0 Å². The lowest BCUT2D eigenvalue weighted by Crippen LogP contribution is -2.24. The minimum absolute atomic E-state index is 0.203. The number of nitrogens with one attached hydrogen (secondary N) is 1. The molecule has 0 spiro atoms. The Labute approximate surface area is 211 Å². The van der Waals surface area contributed by atoms with Crippen molar-refractivity contribution in [3.05, 3.63) is 94.2 Å². The van der Waals surface area contributed by atoms with E-state index in [0.29, 0.717) is 40.2 Å². The first-order valence-corrected chi connectivity index (χ1v) is 11.9. The predicted octanol–water partition coefficient (Wildman–Crippen LogP) is 6.95. The lowest BCUT2D eigenvalue weighted by Gasteiger charge is -2.12. The molecule has 1 amide bonds. The maximum atomic E-state index is 14.5. The highest BCUT2D eigenvalue weighted by Crippen LogP contribution is 2.43. The van der Waals surface area contributed by atoms with Crippen LogP contribution in [0.25, 0.3) is 43.8 Å². The van der Waals surface area contributed by atoms with E-state index in [2.05, 4.69) is 10.3 Å². The molecule has 3 heterocycles. The van der Waals surface area contributed by atoms with Crippen LogP contribution in [0.15, 0.2) is 59.0 Å². The molecule has 3 N–H and O–H groups in total. The summed E-state index contributed by atoms with van der Waals surface area (Å²) in [6, 6.07) is 14.7. The third-order valence-corrected chi connectivity index (χ3v) is 7.05. The summed E-state index contributed by atoms with van der Waals surface area (Å²) in [5.74, 6) is -0.971. The number of nitrogens with zero attached hydrogens (tertiary/aromatic N) is 1. The van der Waals surface area contributed by atoms with E-state index in [9.17, 15) is 13.6 Å². The molecule has 0 atom stereocenters. The SMILES string of the molecule is Cc1cc2c(cc1-c1ccc(F)cc1F)c1oc2c2cc(C(=O)NCc3c(C)cc(N)nc3C)ccc21. The summed E-state index contributed by atoms with van der Waals surface area (Å²) in [6.45, 7) is 6.04. The molecule has 7 heteroatoms. The first-order valence-electron chi connectivity index (χ1n) is 11.9. The zero-order valence-electron chi connectivity index (χ0n) is 20.5. The molecule has 0 fully saturated rings. The number of pyridine rings is 1. The topological polar surface area (TPSA) is 81.2 Å². The van der Waals surface area contributed by atoms with Gasteiger partial charge in [0.15, 0.2) is 0 Å². The Morgan fingerprint density at radius 3 is 2.35 bits per heavy atom. The predicted molar refractivity (Wildman–Crippen MR) is 142 cm³/mol. The van der Waals surface area contributed by atoms with Crippen molar-refractivity contribution in [3.8, 4) is 11.1 Å². The molecule has 2 bridgehead atoms. The number of carbonyl (C=O) groups is 1. The molecule has 6 aromatic rings. The number of carbonyl (C=O) groups excluding carboxylic acids is 1. The fourth-order valence-electron chi connectivity index (χ4n) is 5.19. The van der Waals surface area contributed by atoms with Crippen molar-refractivity contribution in [1.82, 2.24) is 10.3 Å². The van der Waals surface area contributed by atoms with Gasteiger partial charge in [0.05, 0.1) is 0 Å². The second kappa shape index (κ2) is 8.27. The van der Waals surface area contributed by atoms with E-state index in [-0.39, 0.29) is 5.91 Å². The van der Waals surface area contributed by atoms with Crippen molar-refractivity contribution in [3.63, 3.8) is 0 Å². The van der Waals surface area contributed by atoms with Crippen LogP contribution in [0, 0.1) is 32.4 Å². The number of fused-ring (bicyclic) bond motifs is 8. The molecule has 0 aliphatic heterocycles. The lowest BCUT2D eigenvalue weighted by molar-refractivity contribution is 0.0951. The number of aromatic nitrogens is 1. The number of nitrogen functional groups attached to an aromatic ring is 1. The molecule has 0 saturated heterocycles. The number of amides is 1. The highest BCUT2D eigenvalue weighted by Gasteiger charge is 2.21. The average Bonchev–Trinajstić information content (AvgIpc) is 3.39. The van der Waals surface area contributed by atoms with Crippen molar-refractivity contribution in [2.75, 3.05) is 5.73 Å². The fourth-order valence-corrected chi connectivity index (χ4v) is 5.19. The largest absolute Gasteiger partial charge is 0.455 e. The number of anilines is 1. The third kappa shape index (κ3) is 3.66. The van der Waals surface area contributed by atoms with E-state index >= 15 is 0 Å². The lowest BCUT2D eigenvalue weighted by atomic mass is 9.94. The van der Waals surface area contributed by atoms with Gasteiger partial charge >= 0.3 is 0 Å². The van der Waals surface area contributed by atoms with Gasteiger partial charge in [-0.05, 0) is 91.6 Å². The van der Waals surface area contributed by atoms with Crippen LogP contribution in [0.2, 0.25) is 0 Å². The van der Waals surface area contributed by atoms with Gasteiger partial charge in [0, 0.05) is 51.0 Å². The van der Waals surface area contributed by atoms with Gasteiger partial charge in [-0.2, -0.15) is 0 Å². The summed E-state index contributed by atoms with van der Waals surface area (Å²) in [5, 5.41) is 6.44. The van der Waals surface area contributed by atoms with E-state index in [1.807, 2.05) is 45.0 Å². The molecule has 3 aromatic carbocycles. The Morgan fingerprint density at radius 1 is 0.865 bits per heavy atom. The first-order chi connectivity index (χ1) is 17.7. The number of hydrogen-bond acceptors (Lipinski definition) is 4. The number of nitrogens with two attached hydrogens (primary N) is 1. The van der Waals surface area contributed by atoms with Gasteiger partial charge in [0.25, 0.3) is 5.91 Å². The van der Waals surface area contributed by atoms with E-state index in [1.54, 1.807) is 12.1 Å². The fraction of sp³-hybridized carbons (Fsp3) is 0.133. The highest BCUT2D eigenvalue weighted by atomic mass is 19.1. The number of benzene rings is 4. The Kier molecular flexibility index (Phi) is 5.12. The molecule has 5 nitrogen and oxygen atoms in total. The Balaban J connectivity index is 1.37. The highest BCUT2D eigenvalue weighted by molar-refractivity contribution is 6.26. The maximum absolute atomic E-state index is 14.5. The summed E-state index contributed by atoms with van der Waals surface area (Å²) in [7, 11) is 0. The minimum atomic E-state index is -0.614. The van der Waals surface area contributed by atoms with Crippen LogP contribution in [0.5, 0.6) is 0 Å². The van der Waals surface area contributed by atoms with Gasteiger partial charge in [0.2, 0.25) is 0 Å². The van der Waals surface area contributed by atoms with Crippen LogP contribution < -0.4 is 11.1 Å². The molecule has 0 saturated carbocycles. The molecule has 37 heavy (non-hydrogen) atoms. The zero-order valence-corrected chi connectivity index (χ0v) is 20.5. The first kappa shape index (κ1) is 22.9. The van der Waals surface area contributed by atoms with Crippen LogP contribution in [-0.2, 0) is 6.54 Å². The van der Waals surface area contributed by atoms with Crippen LogP contribution in [0.4, 0.5) is 14.6 Å². The van der Waals surface area contributed by atoms with Gasteiger partial charge in [0.1, 0.15) is 28.6 Å². The molecule has 0 aliphatic carbocycles. The Bertz CT molecular complexity index is 1850. The smallest absolute Gasteiger partial charge is 0.251 e. The summed E-state index contributed by atoms with van der Waals surface area (Å²) in [5.41, 5.74) is 12.2. The number of furan rings is 2. The van der Waals surface area contributed by atoms with Crippen molar-refractivity contribution < 1.29 is 18.0 Å². The molecule has 0 unspecified atom stereocenters. The quantitative estimate of drug-likeness (QED) is 0.259. The molecule has 6 rings (SSSR count). The van der Waals surface area contributed by atoms with E-state index in [0.717, 1.165) is 50.0 Å². The monoisotopic (exact) mass is 495 g/mol. The molecule has 0 radical (unpaired) electrons. The molecule has 184 valence electrons. The van der Waals surface area contributed by atoms with Gasteiger partial charge < -0.3 is 15.5 Å². The van der Waals surface area contributed by atoms with Crippen molar-refractivity contribution in [2.45, 2.75) is 27.3 Å². The average molecular weight is 496 g/mol. The summed E-state index contributed by atoms with van der Waals surface area (Å²) < 4.78 is 34.1. The van der Waals surface area contributed by atoms with E-state index < -0.39 is 11.6 Å². The van der Waals surface area contributed by atoms with Crippen molar-refractivity contribution in [2.24, 2.45) is 0 Å². The second-order valence-electron chi connectivity index (χ2n) is 9.47. The van der Waals surface area contributed by atoms with Crippen molar-refractivity contribution in [1.29, 1.82) is 0 Å². The minimum Gasteiger partial charge on any atom is -0.455 e. The van der Waals surface area contributed by atoms with Crippen LogP contribution in [0.1, 0.15) is 32.7 Å². The van der Waals surface area contributed by atoms with Gasteiger partial charge in [-0.1, -0.05) is 0 Å². The summed E-state index contributed by atoms with van der Waals surface area (Å²) in [4.78, 5) is 17.3. The van der Waals surface area contributed by atoms with Crippen LogP contribution in [0.3, 0.4) is 0 Å². The van der Waals surface area contributed by atoms with Gasteiger partial charge in [-0.3, -0.25) is 4.79 Å². The van der Waals surface area contributed by atoms with Crippen molar-refractivity contribution >= 4 is 44.4 Å². The molecular formula is C30H23F2N3O2. The Morgan fingerprint density at radius 2 is 1.59 bits per heavy atom. The number of hydrogen-bond donors (Lipinski definition) is 2. The zero-order chi connectivity index (χ0) is 26.0. The summed E-state index contributed by atoms with van der Waals surface area (Å²) in [6.07, 6.45) is 0. The van der Waals surface area contributed by atoms with Gasteiger partial charge in [-0.25, -0.2) is 13.8 Å². The van der Waals surface area contributed by atoms with E-state index in [1.165, 1.54) is 12.1 Å². The maximum Gasteiger partial charge on any atom is 0.251 e. The molecular weight excluding hydrogens is 472 g/mol. The second-order valence-corrected chi connectivity index (χ2v) is 9.47. The normalized spacial score (nSPS) is 11.7. The molecule has 3 aromatic heterocycles.